The lowest BCUT2D eigenvalue weighted by atomic mass is 10.1. The highest BCUT2D eigenvalue weighted by Gasteiger charge is 2.36. The predicted octanol–water partition coefficient (Wildman–Crippen LogP) is 3.49. The zero-order valence-corrected chi connectivity index (χ0v) is 14.9. The Morgan fingerprint density at radius 3 is 2.46 bits per heavy atom. The summed E-state index contributed by atoms with van der Waals surface area (Å²) < 4.78 is 13.0. The van der Waals surface area contributed by atoms with Gasteiger partial charge in [0.15, 0.2) is 0 Å². The van der Waals surface area contributed by atoms with Gasteiger partial charge in [0.05, 0.1) is 0 Å². The number of para-hydroxylation sites is 1. The zero-order valence-electron chi connectivity index (χ0n) is 14.9. The van der Waals surface area contributed by atoms with Crippen LogP contribution in [-0.4, -0.2) is 36.3 Å². The Kier molecular flexibility index (Phi) is 5.16. The predicted molar refractivity (Wildman–Crippen MR) is 100 cm³/mol. The van der Waals surface area contributed by atoms with Crippen LogP contribution < -0.4 is 4.90 Å². The van der Waals surface area contributed by atoms with Gasteiger partial charge in [-0.1, -0.05) is 30.3 Å². The Labute approximate surface area is 152 Å². The summed E-state index contributed by atoms with van der Waals surface area (Å²) in [5, 5.41) is 0. The Morgan fingerprint density at radius 2 is 1.81 bits per heavy atom. The fraction of sp³-hybridized carbons (Fsp3) is 0.238. The van der Waals surface area contributed by atoms with Crippen molar-refractivity contribution in [3.05, 3.63) is 72.1 Å². The van der Waals surface area contributed by atoms with Crippen LogP contribution in [0.25, 0.3) is 5.57 Å². The third kappa shape index (κ3) is 3.67. The van der Waals surface area contributed by atoms with Crippen molar-refractivity contribution >= 4 is 23.1 Å². The third-order valence-electron chi connectivity index (χ3n) is 4.70. The first kappa shape index (κ1) is 17.9. The first-order chi connectivity index (χ1) is 12.5. The maximum absolute atomic E-state index is 13.0. The lowest BCUT2D eigenvalue weighted by Gasteiger charge is -2.23. The van der Waals surface area contributed by atoms with E-state index < -0.39 is 6.04 Å². The van der Waals surface area contributed by atoms with Crippen LogP contribution in [0.5, 0.6) is 0 Å². The van der Waals surface area contributed by atoms with Crippen molar-refractivity contribution in [2.75, 3.05) is 18.5 Å². The summed E-state index contributed by atoms with van der Waals surface area (Å²) in [6.45, 7) is 2.39. The van der Waals surface area contributed by atoms with Gasteiger partial charge < -0.3 is 9.80 Å². The molecular weight excluding hydrogens is 331 g/mol. The second-order valence-corrected chi connectivity index (χ2v) is 6.41. The average molecular weight is 352 g/mol. The van der Waals surface area contributed by atoms with Crippen molar-refractivity contribution in [3.63, 3.8) is 0 Å². The van der Waals surface area contributed by atoms with E-state index in [9.17, 15) is 14.0 Å². The number of amides is 2. The number of hydrogen-bond acceptors (Lipinski definition) is 2. The molecule has 1 aliphatic heterocycles. The van der Waals surface area contributed by atoms with E-state index in [4.69, 9.17) is 0 Å². The molecule has 0 saturated carbocycles. The van der Waals surface area contributed by atoms with Gasteiger partial charge in [-0.2, -0.15) is 0 Å². The van der Waals surface area contributed by atoms with E-state index in [1.807, 2.05) is 30.3 Å². The number of likely N-dealkylation sites (N-methyl/N-ethyl adjacent to an activating group) is 1. The molecule has 0 bridgehead atoms. The summed E-state index contributed by atoms with van der Waals surface area (Å²) in [6, 6.07) is 15.0. The van der Waals surface area contributed by atoms with Gasteiger partial charge in [0.25, 0.3) is 0 Å². The molecule has 0 aromatic heterocycles. The van der Waals surface area contributed by atoms with Crippen molar-refractivity contribution in [1.82, 2.24) is 4.90 Å². The Hall–Kier alpha value is -2.95. The maximum atomic E-state index is 13.0. The van der Waals surface area contributed by atoms with Crippen LogP contribution in [0, 0.1) is 5.82 Å². The minimum absolute atomic E-state index is 0.0696. The molecule has 2 aromatic carbocycles. The van der Waals surface area contributed by atoms with E-state index in [-0.39, 0.29) is 17.6 Å². The van der Waals surface area contributed by atoms with Crippen molar-refractivity contribution in [2.45, 2.75) is 19.4 Å². The molecule has 1 saturated heterocycles. The molecule has 5 heteroatoms. The second-order valence-electron chi connectivity index (χ2n) is 6.41. The number of anilines is 1. The molecule has 3 rings (SSSR count). The molecule has 0 N–H and O–H groups in total. The van der Waals surface area contributed by atoms with Gasteiger partial charge in [-0.05, 0) is 48.7 Å². The first-order valence-corrected chi connectivity index (χ1v) is 8.55. The molecule has 26 heavy (non-hydrogen) atoms. The number of carbonyl (C=O) groups excluding carboxylic acids is 2. The van der Waals surface area contributed by atoms with E-state index in [0.29, 0.717) is 13.0 Å². The van der Waals surface area contributed by atoms with Gasteiger partial charge in [0, 0.05) is 25.4 Å². The molecule has 1 atom stereocenters. The minimum Gasteiger partial charge on any atom is -0.330 e. The molecule has 4 nitrogen and oxygen atoms in total. The maximum Gasteiger partial charge on any atom is 0.249 e. The highest BCUT2D eigenvalue weighted by molar-refractivity contribution is 6.03. The Bertz CT molecular complexity index is 831. The molecule has 2 amide bonds. The second kappa shape index (κ2) is 7.52. The van der Waals surface area contributed by atoms with Crippen LogP contribution >= 0.6 is 0 Å². The van der Waals surface area contributed by atoms with Crippen LogP contribution in [0.3, 0.4) is 0 Å². The zero-order chi connectivity index (χ0) is 18.7. The van der Waals surface area contributed by atoms with E-state index in [1.54, 1.807) is 31.0 Å². The third-order valence-corrected chi connectivity index (χ3v) is 4.70. The Balaban J connectivity index is 1.71. The molecule has 1 fully saturated rings. The van der Waals surface area contributed by atoms with Crippen LogP contribution in [0.15, 0.2) is 60.7 Å². The number of allylic oxidation sites excluding steroid dienone is 1. The number of benzene rings is 2. The molecule has 0 radical (unpaired) electrons. The van der Waals surface area contributed by atoms with Crippen LogP contribution in [0.2, 0.25) is 0 Å². The van der Waals surface area contributed by atoms with E-state index in [2.05, 4.69) is 0 Å². The summed E-state index contributed by atoms with van der Waals surface area (Å²) in [6.07, 6.45) is 2.09. The molecule has 1 heterocycles. The molecule has 0 aliphatic carbocycles. The molecule has 0 spiro atoms. The number of carbonyl (C=O) groups is 2. The van der Waals surface area contributed by atoms with Crippen LogP contribution in [-0.2, 0) is 9.59 Å². The average Bonchev–Trinajstić information content (AvgIpc) is 3.03. The quantitative estimate of drug-likeness (QED) is 0.791. The summed E-state index contributed by atoms with van der Waals surface area (Å²) in [5.41, 5.74) is 2.35. The fourth-order valence-corrected chi connectivity index (χ4v) is 3.13. The molecule has 1 aliphatic rings. The number of rotatable bonds is 4. The molecule has 2 aromatic rings. The summed E-state index contributed by atoms with van der Waals surface area (Å²) >= 11 is 0. The fourth-order valence-electron chi connectivity index (χ4n) is 3.13. The van der Waals surface area contributed by atoms with Gasteiger partial charge in [-0.15, -0.1) is 0 Å². The topological polar surface area (TPSA) is 40.6 Å². The summed E-state index contributed by atoms with van der Waals surface area (Å²) in [7, 11) is 1.65. The van der Waals surface area contributed by atoms with E-state index >= 15 is 0 Å². The summed E-state index contributed by atoms with van der Waals surface area (Å²) in [4.78, 5) is 28.5. The van der Waals surface area contributed by atoms with Crippen molar-refractivity contribution < 1.29 is 14.0 Å². The monoisotopic (exact) mass is 352 g/mol. The first-order valence-electron chi connectivity index (χ1n) is 8.55. The minimum atomic E-state index is -0.472. The van der Waals surface area contributed by atoms with Gasteiger partial charge in [-0.3, -0.25) is 9.59 Å². The number of nitrogens with zero attached hydrogens (tertiary/aromatic N) is 2. The van der Waals surface area contributed by atoms with E-state index in [0.717, 1.165) is 16.8 Å². The molecule has 1 unspecified atom stereocenters. The molecular formula is C21H21FN2O2. The summed E-state index contributed by atoms with van der Waals surface area (Å²) in [5.74, 6) is -0.623. The van der Waals surface area contributed by atoms with Crippen molar-refractivity contribution in [2.24, 2.45) is 0 Å². The normalized spacial score (nSPS) is 17.5. The van der Waals surface area contributed by atoms with Crippen LogP contribution in [0.1, 0.15) is 18.9 Å². The van der Waals surface area contributed by atoms with E-state index in [1.165, 1.54) is 23.1 Å². The lowest BCUT2D eigenvalue weighted by molar-refractivity contribution is -0.132. The van der Waals surface area contributed by atoms with Crippen molar-refractivity contribution in [1.29, 1.82) is 0 Å². The molecule has 134 valence electrons. The largest absolute Gasteiger partial charge is 0.330 e. The SMILES string of the molecule is CC(=CC(=O)N(C)C1CCN(c2ccccc2)C1=O)c1ccc(F)cc1. The lowest BCUT2D eigenvalue weighted by Crippen LogP contribution is -2.42. The highest BCUT2D eigenvalue weighted by Crippen LogP contribution is 2.24. The van der Waals surface area contributed by atoms with Crippen molar-refractivity contribution in [3.8, 4) is 0 Å². The Morgan fingerprint density at radius 1 is 1.15 bits per heavy atom. The van der Waals surface area contributed by atoms with Gasteiger partial charge in [-0.25, -0.2) is 4.39 Å². The van der Waals surface area contributed by atoms with Gasteiger partial charge in [0.1, 0.15) is 11.9 Å². The van der Waals surface area contributed by atoms with Gasteiger partial charge in [0.2, 0.25) is 11.8 Å². The highest BCUT2D eigenvalue weighted by atomic mass is 19.1. The standard InChI is InChI=1S/C21H21FN2O2/c1-15(16-8-10-17(22)11-9-16)14-20(25)23(2)19-12-13-24(21(19)26)18-6-4-3-5-7-18/h3-11,14,19H,12-13H2,1-2H3. The van der Waals surface area contributed by atoms with Crippen LogP contribution in [0.4, 0.5) is 10.1 Å². The smallest absolute Gasteiger partial charge is 0.249 e. The number of halogens is 1. The number of hydrogen-bond donors (Lipinski definition) is 0. The van der Waals surface area contributed by atoms with Gasteiger partial charge >= 0.3 is 0 Å².